The molecule has 1 aliphatic rings. The van der Waals surface area contributed by atoms with Crippen LogP contribution in [0.4, 0.5) is 0 Å². The van der Waals surface area contributed by atoms with Crippen molar-refractivity contribution in [1.82, 2.24) is 10.2 Å². The van der Waals surface area contributed by atoms with Crippen LogP contribution in [-0.4, -0.2) is 36.9 Å². The van der Waals surface area contributed by atoms with E-state index in [2.05, 4.69) is 5.32 Å². The van der Waals surface area contributed by atoms with E-state index >= 15 is 0 Å². The number of furan rings is 1. The molecule has 0 bridgehead atoms. The van der Waals surface area contributed by atoms with E-state index < -0.39 is 0 Å². The van der Waals surface area contributed by atoms with Gasteiger partial charge in [0.25, 0.3) is 0 Å². The molecule has 0 spiro atoms. The van der Waals surface area contributed by atoms with Crippen LogP contribution >= 0.6 is 0 Å². The summed E-state index contributed by atoms with van der Waals surface area (Å²) in [4.78, 5) is 26.1. The minimum atomic E-state index is -0.305. The molecular weight excluding hydrogens is 320 g/mol. The molecule has 25 heavy (non-hydrogen) atoms. The Morgan fingerprint density at radius 2 is 2.16 bits per heavy atom. The SMILES string of the molecule is COc1ccccc1CCNC(=O)C1CC(=O)N(Cc2ccco2)C1. The van der Waals surface area contributed by atoms with Gasteiger partial charge in [-0.25, -0.2) is 0 Å². The van der Waals surface area contributed by atoms with Gasteiger partial charge in [-0.05, 0) is 30.2 Å². The molecule has 1 saturated heterocycles. The number of rotatable bonds is 7. The van der Waals surface area contributed by atoms with E-state index in [1.807, 2.05) is 30.3 Å². The third kappa shape index (κ3) is 4.21. The molecule has 0 aliphatic carbocycles. The van der Waals surface area contributed by atoms with Crippen LogP contribution in [0.5, 0.6) is 5.75 Å². The highest BCUT2D eigenvalue weighted by atomic mass is 16.5. The first-order valence-corrected chi connectivity index (χ1v) is 8.37. The smallest absolute Gasteiger partial charge is 0.225 e. The molecule has 0 radical (unpaired) electrons. The summed E-state index contributed by atoms with van der Waals surface area (Å²) in [6, 6.07) is 11.4. The largest absolute Gasteiger partial charge is 0.496 e. The highest BCUT2D eigenvalue weighted by Gasteiger charge is 2.34. The van der Waals surface area contributed by atoms with Crippen molar-refractivity contribution >= 4 is 11.8 Å². The van der Waals surface area contributed by atoms with Gasteiger partial charge >= 0.3 is 0 Å². The topological polar surface area (TPSA) is 71.8 Å². The van der Waals surface area contributed by atoms with Gasteiger partial charge in [0.2, 0.25) is 11.8 Å². The Hall–Kier alpha value is -2.76. The van der Waals surface area contributed by atoms with Crippen LogP contribution in [0.15, 0.2) is 47.1 Å². The fraction of sp³-hybridized carbons (Fsp3) is 0.368. The lowest BCUT2D eigenvalue weighted by atomic mass is 10.1. The van der Waals surface area contributed by atoms with Crippen LogP contribution in [0.3, 0.4) is 0 Å². The Morgan fingerprint density at radius 3 is 2.92 bits per heavy atom. The van der Waals surface area contributed by atoms with Crippen molar-refractivity contribution in [2.45, 2.75) is 19.4 Å². The van der Waals surface area contributed by atoms with E-state index in [0.29, 0.717) is 26.1 Å². The van der Waals surface area contributed by atoms with Gasteiger partial charge in [0.1, 0.15) is 11.5 Å². The lowest BCUT2D eigenvalue weighted by Gasteiger charge is -2.15. The highest BCUT2D eigenvalue weighted by molar-refractivity contribution is 5.89. The molecule has 1 atom stereocenters. The number of ether oxygens (including phenoxy) is 1. The minimum Gasteiger partial charge on any atom is -0.496 e. The van der Waals surface area contributed by atoms with E-state index in [4.69, 9.17) is 9.15 Å². The molecule has 132 valence electrons. The summed E-state index contributed by atoms with van der Waals surface area (Å²) in [6.45, 7) is 1.36. The van der Waals surface area contributed by atoms with Gasteiger partial charge in [-0.3, -0.25) is 9.59 Å². The van der Waals surface area contributed by atoms with Gasteiger partial charge in [0.05, 0.1) is 25.8 Å². The number of hydrogen-bond acceptors (Lipinski definition) is 4. The zero-order valence-corrected chi connectivity index (χ0v) is 14.2. The van der Waals surface area contributed by atoms with Crippen LogP contribution in [0, 0.1) is 5.92 Å². The zero-order chi connectivity index (χ0) is 17.6. The molecule has 1 unspecified atom stereocenters. The van der Waals surface area contributed by atoms with Gasteiger partial charge in [0, 0.05) is 19.5 Å². The predicted octanol–water partition coefficient (Wildman–Crippen LogP) is 2.00. The van der Waals surface area contributed by atoms with Crippen molar-refractivity contribution in [2.24, 2.45) is 5.92 Å². The maximum absolute atomic E-state index is 12.3. The molecule has 0 saturated carbocycles. The first kappa shape index (κ1) is 17.1. The van der Waals surface area contributed by atoms with E-state index in [-0.39, 0.29) is 24.2 Å². The quantitative estimate of drug-likeness (QED) is 0.835. The number of likely N-dealkylation sites (tertiary alicyclic amines) is 1. The summed E-state index contributed by atoms with van der Waals surface area (Å²) in [6.07, 6.45) is 2.52. The summed E-state index contributed by atoms with van der Waals surface area (Å²) < 4.78 is 10.6. The van der Waals surface area contributed by atoms with Crippen LogP contribution in [0.25, 0.3) is 0 Å². The second kappa shape index (κ2) is 7.88. The Bertz CT molecular complexity index is 727. The van der Waals surface area contributed by atoms with Gasteiger partial charge in [-0.15, -0.1) is 0 Å². The molecule has 1 aromatic heterocycles. The lowest BCUT2D eigenvalue weighted by Crippen LogP contribution is -2.34. The molecule has 2 heterocycles. The molecule has 2 aromatic rings. The Labute approximate surface area is 146 Å². The Balaban J connectivity index is 1.48. The normalized spacial score (nSPS) is 16.9. The molecular formula is C19H22N2O4. The predicted molar refractivity (Wildman–Crippen MR) is 91.9 cm³/mol. The lowest BCUT2D eigenvalue weighted by molar-refractivity contribution is -0.129. The third-order valence-corrected chi connectivity index (χ3v) is 4.40. The maximum atomic E-state index is 12.3. The standard InChI is InChI=1S/C19H22N2O4/c1-24-17-7-3-2-5-14(17)8-9-20-19(23)15-11-18(22)21(12-15)13-16-6-4-10-25-16/h2-7,10,15H,8-9,11-13H2,1H3,(H,20,23). The average molecular weight is 342 g/mol. The number of methoxy groups -OCH3 is 1. The van der Waals surface area contributed by atoms with Gasteiger partial charge in [0.15, 0.2) is 0 Å². The van der Waals surface area contributed by atoms with Gasteiger partial charge in [-0.1, -0.05) is 18.2 Å². The van der Waals surface area contributed by atoms with E-state index in [1.54, 1.807) is 24.3 Å². The first-order chi connectivity index (χ1) is 12.2. The monoisotopic (exact) mass is 342 g/mol. The number of benzene rings is 1. The van der Waals surface area contributed by atoms with Crippen molar-refractivity contribution in [3.63, 3.8) is 0 Å². The number of nitrogens with zero attached hydrogens (tertiary/aromatic N) is 1. The fourth-order valence-electron chi connectivity index (χ4n) is 3.07. The summed E-state index contributed by atoms with van der Waals surface area (Å²) >= 11 is 0. The molecule has 6 nitrogen and oxygen atoms in total. The van der Waals surface area contributed by atoms with E-state index in [1.165, 1.54) is 0 Å². The molecule has 1 N–H and O–H groups in total. The average Bonchev–Trinajstić information content (AvgIpc) is 3.26. The summed E-state index contributed by atoms with van der Waals surface area (Å²) in [5.41, 5.74) is 1.05. The Morgan fingerprint density at radius 1 is 1.32 bits per heavy atom. The third-order valence-electron chi connectivity index (χ3n) is 4.40. The minimum absolute atomic E-state index is 0.0127. The van der Waals surface area contributed by atoms with Crippen molar-refractivity contribution in [3.05, 3.63) is 54.0 Å². The van der Waals surface area contributed by atoms with Crippen molar-refractivity contribution in [1.29, 1.82) is 0 Å². The fourth-order valence-corrected chi connectivity index (χ4v) is 3.07. The van der Waals surface area contributed by atoms with Crippen molar-refractivity contribution in [3.8, 4) is 5.75 Å². The van der Waals surface area contributed by atoms with Crippen LogP contribution in [0.2, 0.25) is 0 Å². The number of nitrogens with one attached hydrogen (secondary N) is 1. The van der Waals surface area contributed by atoms with Crippen LogP contribution in [-0.2, 0) is 22.6 Å². The number of carbonyl (C=O) groups excluding carboxylic acids is 2. The summed E-state index contributed by atoms with van der Waals surface area (Å²) in [5, 5.41) is 2.93. The molecule has 6 heteroatoms. The van der Waals surface area contributed by atoms with Gasteiger partial charge in [-0.2, -0.15) is 0 Å². The van der Waals surface area contributed by atoms with Gasteiger partial charge < -0.3 is 19.4 Å². The number of hydrogen-bond donors (Lipinski definition) is 1. The molecule has 1 aromatic carbocycles. The maximum Gasteiger partial charge on any atom is 0.225 e. The number of amides is 2. The van der Waals surface area contributed by atoms with E-state index in [9.17, 15) is 9.59 Å². The zero-order valence-electron chi connectivity index (χ0n) is 14.2. The number of carbonyl (C=O) groups is 2. The van der Waals surface area contributed by atoms with Crippen LogP contribution in [0.1, 0.15) is 17.7 Å². The molecule has 3 rings (SSSR count). The Kier molecular flexibility index (Phi) is 5.38. The second-order valence-electron chi connectivity index (χ2n) is 6.11. The highest BCUT2D eigenvalue weighted by Crippen LogP contribution is 2.21. The second-order valence-corrected chi connectivity index (χ2v) is 6.11. The van der Waals surface area contributed by atoms with Crippen molar-refractivity contribution in [2.75, 3.05) is 20.2 Å². The van der Waals surface area contributed by atoms with E-state index in [0.717, 1.165) is 17.1 Å². The summed E-state index contributed by atoms with van der Waals surface area (Å²) in [5.74, 6) is 1.15. The molecule has 1 fully saturated rings. The molecule has 2 amide bonds. The molecule has 1 aliphatic heterocycles. The van der Waals surface area contributed by atoms with Crippen LogP contribution < -0.4 is 10.1 Å². The summed E-state index contributed by atoms with van der Waals surface area (Å²) in [7, 11) is 1.63. The first-order valence-electron chi connectivity index (χ1n) is 8.37. The van der Waals surface area contributed by atoms with Crippen molar-refractivity contribution < 1.29 is 18.7 Å². The number of para-hydroxylation sites is 1.